The summed E-state index contributed by atoms with van der Waals surface area (Å²) in [5.41, 5.74) is 0.805. The maximum atomic E-state index is 11.3. The summed E-state index contributed by atoms with van der Waals surface area (Å²) in [5, 5.41) is 29.6. The molecule has 1 aliphatic heterocycles. The number of benzene rings is 1. The summed E-state index contributed by atoms with van der Waals surface area (Å²) < 4.78 is 0. The lowest BCUT2D eigenvalue weighted by atomic mass is 10.1. The minimum Gasteiger partial charge on any atom is -0.392 e. The van der Waals surface area contributed by atoms with E-state index in [1.807, 2.05) is 17.9 Å². The van der Waals surface area contributed by atoms with Crippen LogP contribution in [0.1, 0.15) is 19.4 Å². The van der Waals surface area contributed by atoms with E-state index in [0.29, 0.717) is 18.8 Å². The molecule has 1 aliphatic rings. The van der Waals surface area contributed by atoms with Gasteiger partial charge in [-0.2, -0.15) is 5.26 Å². The molecule has 1 N–H and O–H groups in total. The number of aliphatic hydroxyl groups excluding tert-OH is 1. The number of β-amino-alcohol motifs (C(OH)–C–C–N with tert-alkyl or cyclic N) is 1. The largest absolute Gasteiger partial charge is 0.392 e. The third kappa shape index (κ3) is 3.53. The molecule has 1 fully saturated rings. The number of nitro benzene ring substituents is 1. The van der Waals surface area contributed by atoms with E-state index in [-0.39, 0.29) is 23.4 Å². The predicted octanol–water partition coefficient (Wildman–Crippen LogP) is 1.36. The second-order valence-corrected chi connectivity index (χ2v) is 5.72. The van der Waals surface area contributed by atoms with Gasteiger partial charge in [0.15, 0.2) is 0 Å². The van der Waals surface area contributed by atoms with Crippen molar-refractivity contribution in [3.8, 4) is 6.07 Å². The Labute approximate surface area is 129 Å². The third-order valence-electron chi connectivity index (χ3n) is 3.84. The minimum atomic E-state index is -0.439. The molecule has 7 heteroatoms. The van der Waals surface area contributed by atoms with Gasteiger partial charge >= 0.3 is 0 Å². The van der Waals surface area contributed by atoms with Crippen LogP contribution in [0.3, 0.4) is 0 Å². The van der Waals surface area contributed by atoms with Crippen molar-refractivity contribution in [2.24, 2.45) is 0 Å². The van der Waals surface area contributed by atoms with Crippen molar-refractivity contribution in [3.63, 3.8) is 0 Å². The molecule has 1 aromatic rings. The lowest BCUT2D eigenvalue weighted by molar-refractivity contribution is -0.384. The second-order valence-electron chi connectivity index (χ2n) is 5.72. The topological polar surface area (TPSA) is 93.6 Å². The van der Waals surface area contributed by atoms with Gasteiger partial charge in [-0.25, -0.2) is 0 Å². The van der Waals surface area contributed by atoms with Crippen molar-refractivity contribution in [1.82, 2.24) is 4.90 Å². The maximum Gasteiger partial charge on any atom is 0.293 e. The summed E-state index contributed by atoms with van der Waals surface area (Å²) in [6, 6.07) is 6.61. The Morgan fingerprint density at radius 2 is 2.27 bits per heavy atom. The highest BCUT2D eigenvalue weighted by Gasteiger charge is 2.29. The Balaban J connectivity index is 2.22. The van der Waals surface area contributed by atoms with Gasteiger partial charge in [0, 0.05) is 38.3 Å². The maximum absolute atomic E-state index is 11.3. The van der Waals surface area contributed by atoms with Gasteiger partial charge in [-0.3, -0.25) is 15.0 Å². The molecule has 0 aliphatic carbocycles. The molecule has 0 spiro atoms. The fourth-order valence-corrected chi connectivity index (χ4v) is 2.91. The number of hydrogen-bond donors (Lipinski definition) is 1. The van der Waals surface area contributed by atoms with E-state index in [4.69, 9.17) is 5.26 Å². The number of anilines is 1. The number of piperazine rings is 1. The number of aliphatic hydroxyl groups is 1. The van der Waals surface area contributed by atoms with E-state index in [2.05, 4.69) is 4.90 Å². The Kier molecular flexibility index (Phi) is 4.96. The van der Waals surface area contributed by atoms with Gasteiger partial charge in [-0.05, 0) is 26.0 Å². The van der Waals surface area contributed by atoms with Crippen LogP contribution >= 0.6 is 0 Å². The van der Waals surface area contributed by atoms with E-state index in [0.717, 1.165) is 13.1 Å². The summed E-state index contributed by atoms with van der Waals surface area (Å²) >= 11 is 0. The van der Waals surface area contributed by atoms with Gasteiger partial charge < -0.3 is 10.0 Å². The first-order valence-electron chi connectivity index (χ1n) is 7.28. The van der Waals surface area contributed by atoms with E-state index >= 15 is 0 Å². The van der Waals surface area contributed by atoms with E-state index < -0.39 is 4.92 Å². The van der Waals surface area contributed by atoms with Crippen LogP contribution in [0.4, 0.5) is 11.4 Å². The SMILES string of the molecule is CC(O)CN1CCN(c2ccc(C#N)cc2[N+](=O)[O-])C(C)C1. The second kappa shape index (κ2) is 6.73. The summed E-state index contributed by atoms with van der Waals surface area (Å²) in [6.45, 7) is 6.50. The smallest absolute Gasteiger partial charge is 0.293 e. The normalized spacial score (nSPS) is 20.5. The summed E-state index contributed by atoms with van der Waals surface area (Å²) in [7, 11) is 0. The van der Waals surface area contributed by atoms with Crippen LogP contribution in [0.25, 0.3) is 0 Å². The monoisotopic (exact) mass is 304 g/mol. The fraction of sp³-hybridized carbons (Fsp3) is 0.533. The molecule has 0 bridgehead atoms. The highest BCUT2D eigenvalue weighted by molar-refractivity contribution is 5.66. The van der Waals surface area contributed by atoms with Crippen LogP contribution in [0.5, 0.6) is 0 Å². The summed E-state index contributed by atoms with van der Waals surface area (Å²) in [4.78, 5) is 15.0. The lowest BCUT2D eigenvalue weighted by Gasteiger charge is -2.41. The van der Waals surface area contributed by atoms with Gasteiger partial charge in [-0.15, -0.1) is 0 Å². The van der Waals surface area contributed by atoms with Gasteiger partial charge in [0.25, 0.3) is 5.69 Å². The van der Waals surface area contributed by atoms with E-state index in [9.17, 15) is 15.2 Å². The first-order valence-corrected chi connectivity index (χ1v) is 7.28. The van der Waals surface area contributed by atoms with Crippen LogP contribution in [0.2, 0.25) is 0 Å². The first-order chi connectivity index (χ1) is 10.4. The van der Waals surface area contributed by atoms with Crippen LogP contribution < -0.4 is 4.90 Å². The van der Waals surface area contributed by atoms with Crippen molar-refractivity contribution in [3.05, 3.63) is 33.9 Å². The molecule has 118 valence electrons. The number of nitriles is 1. The molecular weight excluding hydrogens is 284 g/mol. The highest BCUT2D eigenvalue weighted by atomic mass is 16.6. The highest BCUT2D eigenvalue weighted by Crippen LogP contribution is 2.31. The van der Waals surface area contributed by atoms with Gasteiger partial charge in [0.1, 0.15) is 5.69 Å². The first kappa shape index (κ1) is 16.2. The van der Waals surface area contributed by atoms with Crippen LogP contribution in [-0.4, -0.2) is 53.3 Å². The number of nitrogens with zero attached hydrogens (tertiary/aromatic N) is 4. The molecule has 7 nitrogen and oxygen atoms in total. The molecule has 0 aromatic heterocycles. The fourth-order valence-electron chi connectivity index (χ4n) is 2.91. The average Bonchev–Trinajstić information content (AvgIpc) is 2.46. The minimum absolute atomic E-state index is 0.0325. The van der Waals surface area contributed by atoms with Crippen molar-refractivity contribution in [2.75, 3.05) is 31.1 Å². The number of rotatable bonds is 4. The van der Waals surface area contributed by atoms with Crippen molar-refractivity contribution >= 4 is 11.4 Å². The molecule has 1 aromatic carbocycles. The molecule has 0 saturated carbocycles. The Morgan fingerprint density at radius 3 is 2.82 bits per heavy atom. The standard InChI is InChI=1S/C15H20N4O3/c1-11-9-17(10-12(2)20)5-6-18(11)14-4-3-13(8-16)7-15(14)19(21)22/h3-4,7,11-12,20H,5-6,9-10H2,1-2H3. The average molecular weight is 304 g/mol. The van der Waals surface area contributed by atoms with Crippen molar-refractivity contribution in [1.29, 1.82) is 5.26 Å². The molecule has 2 unspecified atom stereocenters. The Bertz CT molecular complexity index is 597. The number of nitro groups is 1. The Morgan fingerprint density at radius 1 is 1.55 bits per heavy atom. The van der Waals surface area contributed by atoms with E-state index in [1.54, 1.807) is 19.1 Å². The summed E-state index contributed by atoms with van der Waals surface area (Å²) in [5.74, 6) is 0. The molecule has 0 radical (unpaired) electrons. The molecular formula is C15H20N4O3. The van der Waals surface area contributed by atoms with Crippen LogP contribution in [-0.2, 0) is 0 Å². The molecule has 0 amide bonds. The van der Waals surface area contributed by atoms with Crippen molar-refractivity contribution in [2.45, 2.75) is 26.0 Å². The van der Waals surface area contributed by atoms with Gasteiger partial charge in [0.05, 0.1) is 22.7 Å². The molecule has 1 heterocycles. The third-order valence-corrected chi connectivity index (χ3v) is 3.84. The zero-order valence-electron chi connectivity index (χ0n) is 12.8. The molecule has 1 saturated heterocycles. The molecule has 2 atom stereocenters. The Hall–Kier alpha value is -2.17. The number of hydrogen-bond acceptors (Lipinski definition) is 6. The van der Waals surface area contributed by atoms with Crippen molar-refractivity contribution < 1.29 is 10.0 Å². The zero-order chi connectivity index (χ0) is 16.3. The molecule has 2 rings (SSSR count). The zero-order valence-corrected chi connectivity index (χ0v) is 12.8. The van der Waals surface area contributed by atoms with E-state index in [1.165, 1.54) is 6.07 Å². The van der Waals surface area contributed by atoms with Gasteiger partial charge in [-0.1, -0.05) is 0 Å². The summed E-state index contributed by atoms with van der Waals surface area (Å²) in [6.07, 6.45) is -0.386. The van der Waals surface area contributed by atoms with Gasteiger partial charge in [0.2, 0.25) is 0 Å². The lowest BCUT2D eigenvalue weighted by Crippen LogP contribution is -2.53. The van der Waals surface area contributed by atoms with Crippen LogP contribution in [0, 0.1) is 21.4 Å². The predicted molar refractivity (Wildman–Crippen MR) is 82.7 cm³/mol. The quantitative estimate of drug-likeness (QED) is 0.667. The van der Waals surface area contributed by atoms with Crippen LogP contribution in [0.15, 0.2) is 18.2 Å². The molecule has 22 heavy (non-hydrogen) atoms.